The molecule has 0 unspecified atom stereocenters. The summed E-state index contributed by atoms with van der Waals surface area (Å²) in [5.41, 5.74) is 1.43. The molecule has 2 amide bonds. The van der Waals surface area contributed by atoms with E-state index < -0.39 is 15.8 Å². The number of hydrogen-bond donors (Lipinski definition) is 0. The standard InChI is InChI=1S/C29H40FN5O4S/c1-22(2)32-13-6-14-35(29(37)26-7-4-5-12-31-26)27-20-25(30)9-8-24(27)21-33(18-17-32)28(36)19-23-10-15-34(16-11-23)40(3,38)39/h4-5,7-9,12,20,22-23H,6,10-11,13-19,21H2,1-3H3. The van der Waals surface area contributed by atoms with Gasteiger partial charge in [0, 0.05) is 64.5 Å². The molecular formula is C29H40FN5O4S. The molecule has 0 spiro atoms. The van der Waals surface area contributed by atoms with Gasteiger partial charge in [-0.05, 0) is 68.9 Å². The number of pyridine rings is 1. The lowest BCUT2D eigenvalue weighted by Crippen LogP contribution is -2.43. The third kappa shape index (κ3) is 7.64. The third-order valence-corrected chi connectivity index (χ3v) is 9.20. The molecule has 40 heavy (non-hydrogen) atoms. The molecule has 9 nitrogen and oxygen atoms in total. The number of rotatable bonds is 5. The normalized spacial score (nSPS) is 18.8. The van der Waals surface area contributed by atoms with Crippen molar-refractivity contribution in [2.75, 3.05) is 50.4 Å². The van der Waals surface area contributed by atoms with Gasteiger partial charge in [-0.25, -0.2) is 17.1 Å². The first-order chi connectivity index (χ1) is 19.0. The van der Waals surface area contributed by atoms with E-state index in [9.17, 15) is 22.4 Å². The summed E-state index contributed by atoms with van der Waals surface area (Å²) in [5.74, 6) is -0.677. The fraction of sp³-hybridized carbons (Fsp3) is 0.552. The Balaban J connectivity index is 1.61. The maximum Gasteiger partial charge on any atom is 0.276 e. The van der Waals surface area contributed by atoms with E-state index in [1.165, 1.54) is 22.7 Å². The average Bonchev–Trinajstić information content (AvgIpc) is 2.95. The van der Waals surface area contributed by atoms with Crippen LogP contribution in [0.5, 0.6) is 0 Å². The lowest BCUT2D eigenvalue weighted by atomic mass is 9.94. The Morgan fingerprint density at radius 2 is 1.77 bits per heavy atom. The zero-order chi connectivity index (χ0) is 28.9. The molecule has 1 aromatic heterocycles. The Kier molecular flexibility index (Phi) is 9.91. The number of nitrogens with zero attached hydrogens (tertiary/aromatic N) is 5. The van der Waals surface area contributed by atoms with Gasteiger partial charge in [0.25, 0.3) is 5.91 Å². The molecule has 1 fully saturated rings. The van der Waals surface area contributed by atoms with Crippen molar-refractivity contribution in [3.8, 4) is 0 Å². The number of carbonyl (C=O) groups excluding carboxylic acids is 2. The van der Waals surface area contributed by atoms with Crippen molar-refractivity contribution < 1.29 is 22.4 Å². The van der Waals surface area contributed by atoms with Crippen molar-refractivity contribution in [2.45, 2.75) is 52.1 Å². The van der Waals surface area contributed by atoms with Gasteiger partial charge in [0.05, 0.1) is 11.9 Å². The number of benzene rings is 1. The molecule has 1 saturated heterocycles. The number of aromatic nitrogens is 1. The summed E-state index contributed by atoms with van der Waals surface area (Å²) in [4.78, 5) is 37.2. The Bertz CT molecular complexity index is 1280. The molecule has 3 heterocycles. The van der Waals surface area contributed by atoms with Gasteiger partial charge >= 0.3 is 0 Å². The lowest BCUT2D eigenvalue weighted by molar-refractivity contribution is -0.133. The summed E-state index contributed by atoms with van der Waals surface area (Å²) < 4.78 is 39.9. The molecular weight excluding hydrogens is 533 g/mol. The fourth-order valence-electron chi connectivity index (χ4n) is 5.51. The second-order valence-electron chi connectivity index (χ2n) is 11.1. The predicted molar refractivity (Wildman–Crippen MR) is 153 cm³/mol. The van der Waals surface area contributed by atoms with Crippen LogP contribution in [0.15, 0.2) is 42.6 Å². The first-order valence-electron chi connectivity index (χ1n) is 14.0. The van der Waals surface area contributed by atoms with Crippen LogP contribution < -0.4 is 4.90 Å². The molecule has 0 bridgehead atoms. The molecule has 0 atom stereocenters. The monoisotopic (exact) mass is 573 g/mol. The van der Waals surface area contributed by atoms with Crippen LogP contribution in [0, 0.1) is 11.7 Å². The number of carbonyl (C=O) groups is 2. The van der Waals surface area contributed by atoms with Crippen LogP contribution >= 0.6 is 0 Å². The summed E-state index contributed by atoms with van der Waals surface area (Å²) in [6, 6.07) is 9.79. The first-order valence-corrected chi connectivity index (χ1v) is 15.9. The highest BCUT2D eigenvalue weighted by Gasteiger charge is 2.30. The molecule has 218 valence electrons. The van der Waals surface area contributed by atoms with Gasteiger partial charge in [-0.1, -0.05) is 12.1 Å². The van der Waals surface area contributed by atoms with E-state index in [0.29, 0.717) is 69.7 Å². The Hall–Kier alpha value is -2.89. The zero-order valence-corrected chi connectivity index (χ0v) is 24.4. The molecule has 0 saturated carbocycles. The zero-order valence-electron chi connectivity index (χ0n) is 23.6. The molecule has 0 N–H and O–H groups in total. The number of piperidine rings is 1. The van der Waals surface area contributed by atoms with Crippen LogP contribution in [0.2, 0.25) is 0 Å². The largest absolute Gasteiger partial charge is 0.337 e. The van der Waals surface area contributed by atoms with E-state index in [1.54, 1.807) is 35.4 Å². The second-order valence-corrected chi connectivity index (χ2v) is 13.0. The van der Waals surface area contributed by atoms with E-state index in [4.69, 9.17) is 0 Å². The Labute approximate surface area is 237 Å². The first kappa shape index (κ1) is 30.1. The fourth-order valence-corrected chi connectivity index (χ4v) is 6.38. The SMILES string of the molecule is CC(C)N1CCCN(C(=O)c2ccccn2)c2cc(F)ccc2CN(C(=O)CC2CCN(S(C)(=O)=O)CC2)CC1. The molecule has 2 aromatic rings. The topological polar surface area (TPSA) is 94.1 Å². The van der Waals surface area contributed by atoms with Crippen LogP contribution in [0.4, 0.5) is 10.1 Å². The van der Waals surface area contributed by atoms with E-state index in [-0.39, 0.29) is 36.0 Å². The average molecular weight is 574 g/mol. The lowest BCUT2D eigenvalue weighted by Gasteiger charge is -2.33. The highest BCUT2D eigenvalue weighted by molar-refractivity contribution is 7.88. The summed E-state index contributed by atoms with van der Waals surface area (Å²) in [7, 11) is -3.24. The van der Waals surface area contributed by atoms with E-state index >= 15 is 0 Å². The highest BCUT2D eigenvalue weighted by atomic mass is 32.2. The summed E-state index contributed by atoms with van der Waals surface area (Å²) in [6.45, 7) is 7.61. The van der Waals surface area contributed by atoms with E-state index in [0.717, 1.165) is 6.54 Å². The van der Waals surface area contributed by atoms with Crippen molar-refractivity contribution >= 4 is 27.5 Å². The van der Waals surface area contributed by atoms with Crippen molar-refractivity contribution in [3.63, 3.8) is 0 Å². The van der Waals surface area contributed by atoms with Crippen molar-refractivity contribution in [3.05, 3.63) is 59.7 Å². The number of sulfonamides is 1. The van der Waals surface area contributed by atoms with Crippen LogP contribution in [0.1, 0.15) is 55.6 Å². The van der Waals surface area contributed by atoms with E-state index in [1.807, 2.05) is 4.90 Å². The number of halogens is 1. The van der Waals surface area contributed by atoms with Gasteiger partial charge in [0.2, 0.25) is 15.9 Å². The van der Waals surface area contributed by atoms with Crippen LogP contribution in [0.25, 0.3) is 0 Å². The van der Waals surface area contributed by atoms with Crippen molar-refractivity contribution in [2.24, 2.45) is 5.92 Å². The molecule has 11 heteroatoms. The van der Waals surface area contributed by atoms with Gasteiger partial charge < -0.3 is 9.80 Å². The summed E-state index contributed by atoms with van der Waals surface area (Å²) >= 11 is 0. The minimum Gasteiger partial charge on any atom is -0.337 e. The van der Waals surface area contributed by atoms with Crippen LogP contribution in [-0.4, -0.2) is 90.9 Å². The molecule has 1 aromatic carbocycles. The molecule has 0 radical (unpaired) electrons. The van der Waals surface area contributed by atoms with Crippen LogP contribution in [-0.2, 0) is 21.4 Å². The third-order valence-electron chi connectivity index (χ3n) is 7.90. The highest BCUT2D eigenvalue weighted by Crippen LogP contribution is 2.28. The van der Waals surface area contributed by atoms with Gasteiger partial charge in [-0.15, -0.1) is 0 Å². The molecule has 4 rings (SSSR count). The minimum absolute atomic E-state index is 0.0152. The number of amides is 2. The van der Waals surface area contributed by atoms with Gasteiger partial charge in [-0.2, -0.15) is 0 Å². The number of fused-ring (bicyclic) bond motifs is 1. The summed E-state index contributed by atoms with van der Waals surface area (Å²) in [5, 5.41) is 0. The van der Waals surface area contributed by atoms with Crippen molar-refractivity contribution in [1.82, 2.24) is 19.1 Å². The summed E-state index contributed by atoms with van der Waals surface area (Å²) in [6.07, 6.45) is 5.06. The Morgan fingerprint density at radius 3 is 2.42 bits per heavy atom. The number of anilines is 1. The predicted octanol–water partition coefficient (Wildman–Crippen LogP) is 3.37. The Morgan fingerprint density at radius 1 is 1.02 bits per heavy atom. The minimum atomic E-state index is -3.24. The molecule has 2 aliphatic heterocycles. The quantitative estimate of drug-likeness (QED) is 0.545. The van der Waals surface area contributed by atoms with E-state index in [2.05, 4.69) is 23.7 Å². The smallest absolute Gasteiger partial charge is 0.276 e. The maximum atomic E-state index is 14.6. The molecule has 0 aliphatic carbocycles. The second kappa shape index (κ2) is 13.2. The van der Waals surface area contributed by atoms with Crippen molar-refractivity contribution in [1.29, 1.82) is 0 Å². The van der Waals surface area contributed by atoms with Gasteiger partial charge in [-0.3, -0.25) is 19.5 Å². The van der Waals surface area contributed by atoms with Gasteiger partial charge in [0.15, 0.2) is 0 Å². The number of hydrogen-bond acceptors (Lipinski definition) is 6. The van der Waals surface area contributed by atoms with Crippen LogP contribution in [0.3, 0.4) is 0 Å². The molecule has 2 aliphatic rings. The van der Waals surface area contributed by atoms with Gasteiger partial charge in [0.1, 0.15) is 11.5 Å². The maximum absolute atomic E-state index is 14.6.